The zero-order valence-electron chi connectivity index (χ0n) is 16.1. The summed E-state index contributed by atoms with van der Waals surface area (Å²) in [5.41, 5.74) is 2.57. The first-order chi connectivity index (χ1) is 13.8. The van der Waals surface area contributed by atoms with Crippen molar-refractivity contribution in [3.63, 3.8) is 0 Å². The molecule has 1 unspecified atom stereocenters. The normalized spacial score (nSPS) is 12.5. The third kappa shape index (κ3) is 5.93. The summed E-state index contributed by atoms with van der Waals surface area (Å²) >= 11 is 0.819. The summed E-state index contributed by atoms with van der Waals surface area (Å²) in [6, 6.07) is 16.7. The minimum atomic E-state index is -3.81. The molecule has 0 fully saturated rings. The van der Waals surface area contributed by atoms with Crippen molar-refractivity contribution >= 4 is 32.4 Å². The van der Waals surface area contributed by atoms with Crippen molar-refractivity contribution in [2.24, 2.45) is 0 Å². The fourth-order valence-corrected chi connectivity index (χ4v) is 4.92. The van der Waals surface area contributed by atoms with Crippen LogP contribution in [0.5, 0.6) is 0 Å². The van der Waals surface area contributed by atoms with Crippen LogP contribution in [-0.2, 0) is 16.4 Å². The molecule has 2 N–H and O–H groups in total. The molecular weight excluding hydrogens is 408 g/mol. The smallest absolute Gasteiger partial charge is 0.270 e. The molecule has 1 heterocycles. The number of aromatic nitrogens is 2. The van der Waals surface area contributed by atoms with E-state index < -0.39 is 10.0 Å². The fraction of sp³-hybridized carbons (Fsp3) is 0.250. The molecule has 0 spiro atoms. The lowest BCUT2D eigenvalue weighted by Crippen LogP contribution is -2.32. The molecule has 9 heteroatoms. The molecule has 29 heavy (non-hydrogen) atoms. The second kappa shape index (κ2) is 9.25. The number of carbonyl (C=O) groups excluding carboxylic acids is 1. The molecule has 0 bridgehead atoms. The Labute approximate surface area is 174 Å². The van der Waals surface area contributed by atoms with Crippen molar-refractivity contribution in [2.75, 3.05) is 5.32 Å². The van der Waals surface area contributed by atoms with Crippen molar-refractivity contribution < 1.29 is 13.2 Å². The van der Waals surface area contributed by atoms with Gasteiger partial charge in [-0.3, -0.25) is 10.1 Å². The van der Waals surface area contributed by atoms with E-state index in [1.165, 1.54) is 0 Å². The van der Waals surface area contributed by atoms with Gasteiger partial charge in [-0.2, -0.15) is 0 Å². The lowest BCUT2D eigenvalue weighted by atomic mass is 10.1. The summed E-state index contributed by atoms with van der Waals surface area (Å²) < 4.78 is 27.5. The van der Waals surface area contributed by atoms with E-state index in [1.54, 1.807) is 18.2 Å². The lowest BCUT2D eigenvalue weighted by molar-refractivity contribution is 0.102. The topological polar surface area (TPSA) is 101 Å². The first-order valence-electron chi connectivity index (χ1n) is 9.11. The van der Waals surface area contributed by atoms with Gasteiger partial charge < -0.3 is 0 Å². The highest BCUT2D eigenvalue weighted by Crippen LogP contribution is 2.21. The Hall–Kier alpha value is -2.62. The molecule has 0 aliphatic heterocycles. The SMILES string of the molecule is Cc1cccc(C(=O)Nc2nnc(S(=O)(=O)NC(C)CCc3ccccc3)s2)c1. The Balaban J connectivity index is 1.60. The number of carbonyl (C=O) groups is 1. The average molecular weight is 431 g/mol. The summed E-state index contributed by atoms with van der Waals surface area (Å²) in [5, 5.41) is 10.2. The summed E-state index contributed by atoms with van der Waals surface area (Å²) in [6.07, 6.45) is 1.41. The van der Waals surface area contributed by atoms with E-state index in [9.17, 15) is 13.2 Å². The Morgan fingerprint density at radius 2 is 1.86 bits per heavy atom. The van der Waals surface area contributed by atoms with Crippen LogP contribution in [0.1, 0.15) is 34.8 Å². The number of rotatable bonds is 8. The molecule has 0 saturated heterocycles. The molecule has 2 aromatic carbocycles. The Bertz CT molecular complexity index is 1080. The third-order valence-corrected chi connectivity index (χ3v) is 7.00. The number of aryl methyl sites for hydroxylation is 2. The standard InChI is InChI=1S/C20H22N4O3S2/c1-14-7-6-10-17(13-14)18(25)21-19-22-23-20(28-19)29(26,27)24-15(2)11-12-16-8-4-3-5-9-16/h3-10,13,15,24H,11-12H2,1-2H3,(H,21,22,25). The van der Waals surface area contributed by atoms with E-state index >= 15 is 0 Å². The Morgan fingerprint density at radius 1 is 1.10 bits per heavy atom. The van der Waals surface area contributed by atoms with Gasteiger partial charge in [-0.15, -0.1) is 10.2 Å². The molecule has 0 saturated carbocycles. The summed E-state index contributed by atoms with van der Waals surface area (Å²) in [7, 11) is -3.81. The fourth-order valence-electron chi connectivity index (χ4n) is 2.73. The maximum Gasteiger partial charge on any atom is 0.270 e. The molecule has 1 atom stereocenters. The van der Waals surface area contributed by atoms with Gasteiger partial charge in [0.05, 0.1) is 0 Å². The zero-order chi connectivity index (χ0) is 20.9. The number of benzene rings is 2. The number of sulfonamides is 1. The average Bonchev–Trinajstić information content (AvgIpc) is 3.16. The van der Waals surface area contributed by atoms with Gasteiger partial charge in [0, 0.05) is 11.6 Å². The predicted octanol–water partition coefficient (Wildman–Crippen LogP) is 3.40. The van der Waals surface area contributed by atoms with Crippen molar-refractivity contribution in [3.05, 3.63) is 71.3 Å². The summed E-state index contributed by atoms with van der Waals surface area (Å²) in [5.74, 6) is -0.363. The van der Waals surface area contributed by atoms with Crippen molar-refractivity contribution in [2.45, 2.75) is 37.1 Å². The Morgan fingerprint density at radius 3 is 2.59 bits per heavy atom. The van der Waals surface area contributed by atoms with E-state index in [4.69, 9.17) is 0 Å². The minimum Gasteiger partial charge on any atom is -0.296 e. The molecule has 3 rings (SSSR count). The van der Waals surface area contributed by atoms with Crippen LogP contribution in [0.25, 0.3) is 0 Å². The maximum atomic E-state index is 12.6. The van der Waals surface area contributed by atoms with Crippen LogP contribution >= 0.6 is 11.3 Å². The van der Waals surface area contributed by atoms with Gasteiger partial charge in [-0.25, -0.2) is 13.1 Å². The van der Waals surface area contributed by atoms with Gasteiger partial charge in [0.1, 0.15) is 0 Å². The molecule has 152 valence electrons. The molecule has 7 nitrogen and oxygen atoms in total. The number of anilines is 1. The van der Waals surface area contributed by atoms with Crippen LogP contribution in [0.4, 0.5) is 5.13 Å². The van der Waals surface area contributed by atoms with Crippen LogP contribution in [0.15, 0.2) is 58.9 Å². The first-order valence-corrected chi connectivity index (χ1v) is 11.4. The largest absolute Gasteiger partial charge is 0.296 e. The summed E-state index contributed by atoms with van der Waals surface area (Å²) in [6.45, 7) is 3.69. The third-order valence-electron chi connectivity index (χ3n) is 4.20. The van der Waals surface area contributed by atoms with Crippen molar-refractivity contribution in [1.82, 2.24) is 14.9 Å². The van der Waals surface area contributed by atoms with E-state index in [-0.39, 0.29) is 21.4 Å². The highest BCUT2D eigenvalue weighted by molar-refractivity contribution is 7.91. The van der Waals surface area contributed by atoms with Gasteiger partial charge in [0.25, 0.3) is 15.9 Å². The number of nitrogens with zero attached hydrogens (tertiary/aromatic N) is 2. The van der Waals surface area contributed by atoms with Crippen LogP contribution in [0.3, 0.4) is 0 Å². The van der Waals surface area contributed by atoms with Crippen LogP contribution in [-0.4, -0.2) is 30.6 Å². The van der Waals surface area contributed by atoms with E-state index in [0.29, 0.717) is 12.0 Å². The van der Waals surface area contributed by atoms with Gasteiger partial charge >= 0.3 is 0 Å². The quantitative estimate of drug-likeness (QED) is 0.534. The van der Waals surface area contributed by atoms with E-state index in [1.807, 2.05) is 50.2 Å². The monoisotopic (exact) mass is 430 g/mol. The van der Waals surface area contributed by atoms with E-state index in [2.05, 4.69) is 20.2 Å². The molecular formula is C20H22N4O3S2. The van der Waals surface area contributed by atoms with Gasteiger partial charge in [-0.05, 0) is 44.4 Å². The van der Waals surface area contributed by atoms with Crippen molar-refractivity contribution in [3.8, 4) is 0 Å². The minimum absolute atomic E-state index is 0.133. The first kappa shape index (κ1) is 21.1. The van der Waals surface area contributed by atoms with Gasteiger partial charge in [-0.1, -0.05) is 59.4 Å². The molecule has 3 aromatic rings. The van der Waals surface area contributed by atoms with Crippen LogP contribution in [0.2, 0.25) is 0 Å². The zero-order valence-corrected chi connectivity index (χ0v) is 17.8. The van der Waals surface area contributed by atoms with Crippen molar-refractivity contribution in [1.29, 1.82) is 0 Å². The van der Waals surface area contributed by atoms with Crippen LogP contribution < -0.4 is 10.0 Å². The molecule has 1 amide bonds. The summed E-state index contributed by atoms with van der Waals surface area (Å²) in [4.78, 5) is 12.3. The molecule has 0 radical (unpaired) electrons. The number of amides is 1. The highest BCUT2D eigenvalue weighted by Gasteiger charge is 2.23. The molecule has 0 aliphatic carbocycles. The lowest BCUT2D eigenvalue weighted by Gasteiger charge is -2.12. The number of hydrogen-bond acceptors (Lipinski definition) is 6. The maximum absolute atomic E-state index is 12.6. The Kier molecular flexibility index (Phi) is 6.73. The molecule has 0 aliphatic rings. The number of nitrogens with one attached hydrogen (secondary N) is 2. The number of hydrogen-bond donors (Lipinski definition) is 2. The second-order valence-corrected chi connectivity index (χ2v) is 9.61. The highest BCUT2D eigenvalue weighted by atomic mass is 32.2. The van der Waals surface area contributed by atoms with Gasteiger partial charge in [0.2, 0.25) is 9.47 Å². The predicted molar refractivity (Wildman–Crippen MR) is 114 cm³/mol. The van der Waals surface area contributed by atoms with Gasteiger partial charge in [0.15, 0.2) is 0 Å². The van der Waals surface area contributed by atoms with Crippen LogP contribution in [0, 0.1) is 6.92 Å². The second-order valence-electron chi connectivity index (χ2n) is 6.74. The molecule has 1 aromatic heterocycles. The van der Waals surface area contributed by atoms with E-state index in [0.717, 1.165) is 28.9 Å².